The van der Waals surface area contributed by atoms with Crippen LogP contribution in [0.1, 0.15) is 45.4 Å². The largest absolute Gasteiger partial charge is 0.355 e. The molecular weight excluding hydrogens is 256 g/mol. The SMILES string of the molecule is CCC1(n2c(=O)nc(N(C)C)n(C)c2=O)CCCCC1. The fourth-order valence-corrected chi connectivity index (χ4v) is 3.28. The van der Waals surface area contributed by atoms with Gasteiger partial charge in [0.05, 0.1) is 5.54 Å². The molecule has 1 aromatic rings. The summed E-state index contributed by atoms with van der Waals surface area (Å²) in [7, 11) is 5.23. The van der Waals surface area contributed by atoms with Crippen LogP contribution in [0.25, 0.3) is 0 Å². The van der Waals surface area contributed by atoms with E-state index in [9.17, 15) is 9.59 Å². The second-order valence-corrected chi connectivity index (χ2v) is 5.90. The van der Waals surface area contributed by atoms with Crippen LogP contribution in [0.4, 0.5) is 5.95 Å². The molecule has 112 valence electrons. The van der Waals surface area contributed by atoms with Gasteiger partial charge in [0.1, 0.15) is 0 Å². The molecule has 0 bridgehead atoms. The summed E-state index contributed by atoms with van der Waals surface area (Å²) in [6.45, 7) is 2.05. The van der Waals surface area contributed by atoms with E-state index in [2.05, 4.69) is 11.9 Å². The van der Waals surface area contributed by atoms with Gasteiger partial charge in [0.15, 0.2) is 0 Å². The number of hydrogen-bond donors (Lipinski definition) is 0. The predicted octanol–water partition coefficient (Wildman–Crippen LogP) is 1.08. The van der Waals surface area contributed by atoms with Crippen molar-refractivity contribution < 1.29 is 0 Å². The highest BCUT2D eigenvalue weighted by Gasteiger charge is 2.35. The van der Waals surface area contributed by atoms with Crippen LogP contribution in [0.5, 0.6) is 0 Å². The highest BCUT2D eigenvalue weighted by Crippen LogP contribution is 2.35. The molecule has 0 N–H and O–H groups in total. The van der Waals surface area contributed by atoms with Crippen LogP contribution in [-0.2, 0) is 12.6 Å². The first-order valence-corrected chi connectivity index (χ1v) is 7.31. The lowest BCUT2D eigenvalue weighted by molar-refractivity contribution is 0.167. The third-order valence-corrected chi connectivity index (χ3v) is 4.48. The van der Waals surface area contributed by atoms with Crippen LogP contribution < -0.4 is 16.3 Å². The molecule has 6 nitrogen and oxygen atoms in total. The number of hydrogen-bond acceptors (Lipinski definition) is 4. The van der Waals surface area contributed by atoms with Crippen LogP contribution in [0, 0.1) is 0 Å². The molecule has 1 saturated carbocycles. The van der Waals surface area contributed by atoms with Gasteiger partial charge in [0.25, 0.3) is 0 Å². The number of nitrogens with zero attached hydrogens (tertiary/aromatic N) is 4. The molecule has 2 rings (SSSR count). The number of anilines is 1. The summed E-state index contributed by atoms with van der Waals surface area (Å²) in [5.74, 6) is 0.401. The Kier molecular flexibility index (Phi) is 4.01. The predicted molar refractivity (Wildman–Crippen MR) is 79.4 cm³/mol. The minimum atomic E-state index is -0.416. The second kappa shape index (κ2) is 5.42. The van der Waals surface area contributed by atoms with Crippen LogP contribution in [0.15, 0.2) is 9.59 Å². The molecular formula is C14H24N4O2. The van der Waals surface area contributed by atoms with E-state index in [1.54, 1.807) is 26.0 Å². The highest BCUT2D eigenvalue weighted by molar-refractivity contribution is 5.25. The van der Waals surface area contributed by atoms with E-state index in [4.69, 9.17) is 0 Å². The molecule has 1 aliphatic carbocycles. The minimum absolute atomic E-state index is 0.252. The van der Waals surface area contributed by atoms with Crippen molar-refractivity contribution in [3.05, 3.63) is 21.0 Å². The Balaban J connectivity index is 2.66. The first-order valence-electron chi connectivity index (χ1n) is 7.31. The monoisotopic (exact) mass is 280 g/mol. The molecule has 0 unspecified atom stereocenters. The van der Waals surface area contributed by atoms with Crippen molar-refractivity contribution in [1.82, 2.24) is 14.1 Å². The quantitative estimate of drug-likeness (QED) is 0.831. The van der Waals surface area contributed by atoms with E-state index in [1.165, 1.54) is 15.6 Å². The van der Waals surface area contributed by atoms with Crippen molar-refractivity contribution in [2.24, 2.45) is 7.05 Å². The van der Waals surface area contributed by atoms with Crippen LogP contribution in [0.3, 0.4) is 0 Å². The van der Waals surface area contributed by atoms with Crippen molar-refractivity contribution in [2.75, 3.05) is 19.0 Å². The molecule has 1 aliphatic rings. The zero-order valence-electron chi connectivity index (χ0n) is 12.8. The van der Waals surface area contributed by atoms with Gasteiger partial charge in [0.2, 0.25) is 5.95 Å². The second-order valence-electron chi connectivity index (χ2n) is 5.90. The Morgan fingerprint density at radius 3 is 2.30 bits per heavy atom. The Morgan fingerprint density at radius 1 is 1.20 bits per heavy atom. The fourth-order valence-electron chi connectivity index (χ4n) is 3.28. The Bertz CT molecular complexity index is 594. The van der Waals surface area contributed by atoms with Gasteiger partial charge >= 0.3 is 11.4 Å². The zero-order valence-corrected chi connectivity index (χ0v) is 12.8. The van der Waals surface area contributed by atoms with E-state index in [1.807, 2.05) is 0 Å². The van der Waals surface area contributed by atoms with E-state index in [0.717, 1.165) is 32.1 Å². The van der Waals surface area contributed by atoms with E-state index in [0.29, 0.717) is 5.95 Å². The van der Waals surface area contributed by atoms with Crippen molar-refractivity contribution in [2.45, 2.75) is 51.0 Å². The first kappa shape index (κ1) is 14.8. The molecule has 0 amide bonds. The molecule has 0 aromatic carbocycles. The molecule has 1 heterocycles. The summed E-state index contributed by atoms with van der Waals surface area (Å²) in [6.07, 6.45) is 5.90. The lowest BCUT2D eigenvalue weighted by atomic mass is 9.79. The average Bonchev–Trinajstić information content (AvgIpc) is 2.43. The van der Waals surface area contributed by atoms with E-state index in [-0.39, 0.29) is 11.2 Å². The maximum Gasteiger partial charge on any atom is 0.355 e. The first-order chi connectivity index (χ1) is 9.43. The van der Waals surface area contributed by atoms with Crippen molar-refractivity contribution in [3.8, 4) is 0 Å². The fraction of sp³-hybridized carbons (Fsp3) is 0.786. The maximum atomic E-state index is 12.6. The molecule has 1 fully saturated rings. The third kappa shape index (κ3) is 2.27. The summed E-state index contributed by atoms with van der Waals surface area (Å²) in [5.41, 5.74) is -1.01. The summed E-state index contributed by atoms with van der Waals surface area (Å²) in [4.78, 5) is 30.8. The molecule has 6 heteroatoms. The summed E-state index contributed by atoms with van der Waals surface area (Å²) >= 11 is 0. The standard InChI is InChI=1S/C14H24N4O2/c1-5-14(9-7-6-8-10-14)18-12(19)15-11(16(2)3)17(4)13(18)20/h5-10H2,1-4H3. The molecule has 1 aromatic heterocycles. The van der Waals surface area contributed by atoms with E-state index < -0.39 is 5.69 Å². The van der Waals surface area contributed by atoms with Gasteiger partial charge in [-0.1, -0.05) is 26.2 Å². The topological polar surface area (TPSA) is 60.1 Å². The molecule has 0 aliphatic heterocycles. The molecule has 0 spiro atoms. The minimum Gasteiger partial charge on any atom is -0.348 e. The van der Waals surface area contributed by atoms with Gasteiger partial charge < -0.3 is 4.90 Å². The van der Waals surface area contributed by atoms with Crippen molar-refractivity contribution in [3.63, 3.8) is 0 Å². The smallest absolute Gasteiger partial charge is 0.348 e. The lowest BCUT2D eigenvalue weighted by Crippen LogP contribution is -2.53. The number of rotatable bonds is 3. The summed E-state index contributed by atoms with van der Waals surface area (Å²) in [5, 5.41) is 0. The summed E-state index contributed by atoms with van der Waals surface area (Å²) < 4.78 is 2.87. The van der Waals surface area contributed by atoms with Gasteiger partial charge in [-0.2, -0.15) is 4.98 Å². The van der Waals surface area contributed by atoms with Gasteiger partial charge in [-0.3, -0.25) is 4.57 Å². The Hall–Kier alpha value is -1.59. The van der Waals surface area contributed by atoms with Gasteiger partial charge in [-0.05, 0) is 19.3 Å². The molecule has 0 saturated heterocycles. The van der Waals surface area contributed by atoms with Crippen molar-refractivity contribution >= 4 is 5.95 Å². The van der Waals surface area contributed by atoms with Crippen LogP contribution in [0.2, 0.25) is 0 Å². The zero-order chi connectivity index (χ0) is 14.9. The van der Waals surface area contributed by atoms with E-state index >= 15 is 0 Å². The van der Waals surface area contributed by atoms with Gasteiger partial charge in [-0.15, -0.1) is 0 Å². The Labute approximate surface area is 119 Å². The van der Waals surface area contributed by atoms with Gasteiger partial charge in [0, 0.05) is 21.1 Å². The third-order valence-electron chi connectivity index (χ3n) is 4.48. The van der Waals surface area contributed by atoms with Gasteiger partial charge in [-0.25, -0.2) is 14.2 Å². The maximum absolute atomic E-state index is 12.6. The van der Waals surface area contributed by atoms with Crippen LogP contribution in [-0.4, -0.2) is 28.2 Å². The summed E-state index contributed by atoms with van der Waals surface area (Å²) in [6, 6.07) is 0. The highest BCUT2D eigenvalue weighted by atomic mass is 16.2. The van der Waals surface area contributed by atoms with Crippen LogP contribution >= 0.6 is 0 Å². The van der Waals surface area contributed by atoms with Crippen molar-refractivity contribution in [1.29, 1.82) is 0 Å². The molecule has 0 radical (unpaired) electrons. The average molecular weight is 280 g/mol. The molecule has 0 atom stereocenters. The Morgan fingerprint density at radius 2 is 1.80 bits per heavy atom. The lowest BCUT2D eigenvalue weighted by Gasteiger charge is -2.37. The number of aromatic nitrogens is 3. The molecule has 20 heavy (non-hydrogen) atoms. The normalized spacial score (nSPS) is 18.0.